The molecule has 1 aliphatic heterocycles. The van der Waals surface area contributed by atoms with E-state index in [2.05, 4.69) is 15.5 Å². The van der Waals surface area contributed by atoms with Gasteiger partial charge in [-0.3, -0.25) is 14.9 Å². The van der Waals surface area contributed by atoms with Gasteiger partial charge in [-0.05, 0) is 37.6 Å². The van der Waals surface area contributed by atoms with Gasteiger partial charge in [0.05, 0.1) is 12.5 Å². The summed E-state index contributed by atoms with van der Waals surface area (Å²) in [7, 11) is 0. The minimum atomic E-state index is -0.196. The second-order valence-electron chi connectivity index (χ2n) is 6.08. The van der Waals surface area contributed by atoms with Crippen LogP contribution in [0.2, 0.25) is 0 Å². The number of aromatic nitrogens is 2. The van der Waals surface area contributed by atoms with Crippen LogP contribution in [0.15, 0.2) is 28.7 Å². The van der Waals surface area contributed by atoms with Crippen molar-refractivity contribution in [2.24, 2.45) is 0 Å². The van der Waals surface area contributed by atoms with E-state index >= 15 is 0 Å². The molecule has 8 heteroatoms. The number of hydrogen-bond donors (Lipinski definition) is 1. The predicted octanol–water partition coefficient (Wildman–Crippen LogP) is 2.73. The van der Waals surface area contributed by atoms with E-state index < -0.39 is 0 Å². The quantitative estimate of drug-likeness (QED) is 0.817. The van der Waals surface area contributed by atoms with Crippen LogP contribution in [0.4, 0.5) is 11.7 Å². The first-order chi connectivity index (χ1) is 12.6. The second-order valence-corrected chi connectivity index (χ2v) is 6.08. The number of rotatable bonds is 7. The van der Waals surface area contributed by atoms with Crippen molar-refractivity contribution in [3.05, 3.63) is 30.2 Å². The van der Waals surface area contributed by atoms with Crippen LogP contribution in [0.1, 0.15) is 44.9 Å². The average Bonchev–Trinajstić information content (AvgIpc) is 3.23. The molecule has 1 aromatic heterocycles. The van der Waals surface area contributed by atoms with Gasteiger partial charge in [0.15, 0.2) is 0 Å². The van der Waals surface area contributed by atoms with Crippen molar-refractivity contribution < 1.29 is 18.7 Å². The van der Waals surface area contributed by atoms with Crippen molar-refractivity contribution in [2.75, 3.05) is 23.4 Å². The van der Waals surface area contributed by atoms with E-state index in [1.807, 2.05) is 38.1 Å². The Balaban J connectivity index is 1.66. The molecule has 1 N–H and O–H groups in total. The maximum atomic E-state index is 12.4. The molecule has 1 fully saturated rings. The van der Waals surface area contributed by atoms with Crippen molar-refractivity contribution in [3.8, 4) is 5.75 Å². The molecule has 3 rings (SSSR count). The predicted molar refractivity (Wildman–Crippen MR) is 95.2 cm³/mol. The number of carbonyl (C=O) groups excluding carboxylic acids is 2. The van der Waals surface area contributed by atoms with E-state index in [-0.39, 0.29) is 30.2 Å². The van der Waals surface area contributed by atoms with Gasteiger partial charge in [-0.1, -0.05) is 12.0 Å². The number of nitrogens with zero attached hydrogens (tertiary/aromatic N) is 3. The Morgan fingerprint density at radius 1 is 1.31 bits per heavy atom. The van der Waals surface area contributed by atoms with Crippen molar-refractivity contribution in [2.45, 2.75) is 39.0 Å². The highest BCUT2D eigenvalue weighted by atomic mass is 16.5. The number of ether oxygens (including phenoxy) is 1. The summed E-state index contributed by atoms with van der Waals surface area (Å²) in [5.41, 5.74) is 0.803. The number of benzene rings is 1. The molecule has 0 aliphatic carbocycles. The lowest BCUT2D eigenvalue weighted by Crippen LogP contribution is -2.24. The highest BCUT2D eigenvalue weighted by Gasteiger charge is 2.35. The lowest BCUT2D eigenvalue weighted by molar-refractivity contribution is -0.117. The highest BCUT2D eigenvalue weighted by Crippen LogP contribution is 2.32. The zero-order valence-corrected chi connectivity index (χ0v) is 14.9. The van der Waals surface area contributed by atoms with Crippen molar-refractivity contribution in [3.63, 3.8) is 0 Å². The Morgan fingerprint density at radius 3 is 2.77 bits per heavy atom. The smallest absolute Gasteiger partial charge is 0.322 e. The molecule has 2 amide bonds. The first-order valence-corrected chi connectivity index (χ1v) is 8.77. The molecule has 1 atom stereocenters. The Bertz CT molecular complexity index is 772. The molecule has 0 saturated carbocycles. The van der Waals surface area contributed by atoms with E-state index in [1.165, 1.54) is 0 Å². The van der Waals surface area contributed by atoms with E-state index in [1.54, 1.807) is 4.90 Å². The first-order valence-electron chi connectivity index (χ1n) is 8.77. The summed E-state index contributed by atoms with van der Waals surface area (Å²) in [6, 6.07) is 7.47. The minimum Gasteiger partial charge on any atom is -0.494 e. The van der Waals surface area contributed by atoms with Crippen LogP contribution in [0.5, 0.6) is 5.75 Å². The van der Waals surface area contributed by atoms with Gasteiger partial charge in [0.25, 0.3) is 0 Å². The average molecular weight is 358 g/mol. The van der Waals surface area contributed by atoms with Crippen LogP contribution in [0.25, 0.3) is 0 Å². The molecule has 2 aromatic rings. The molecule has 1 aromatic carbocycles. The van der Waals surface area contributed by atoms with E-state index in [0.29, 0.717) is 25.5 Å². The van der Waals surface area contributed by atoms with Gasteiger partial charge in [-0.2, -0.15) is 0 Å². The number of carbonyl (C=O) groups is 2. The summed E-state index contributed by atoms with van der Waals surface area (Å²) in [6.45, 7) is 4.89. The topological polar surface area (TPSA) is 97.6 Å². The standard InChI is InChI=1S/C18H22N4O4/c1-3-5-15(23)19-18-21-20-17(26-18)12-10-16(24)22(11-12)13-6-8-14(9-7-13)25-4-2/h6-9,12H,3-5,10-11H2,1-2H3,(H,19,21,23)/t12-/m0/s1. The molecule has 26 heavy (non-hydrogen) atoms. The van der Waals surface area contributed by atoms with Gasteiger partial charge in [-0.15, -0.1) is 5.10 Å². The van der Waals surface area contributed by atoms with E-state index in [9.17, 15) is 9.59 Å². The van der Waals surface area contributed by atoms with Gasteiger partial charge in [0.2, 0.25) is 17.7 Å². The van der Waals surface area contributed by atoms with Crippen LogP contribution in [0, 0.1) is 0 Å². The Kier molecular flexibility index (Phi) is 5.50. The normalized spacial score (nSPS) is 16.8. The SMILES string of the molecule is CCCC(=O)Nc1nnc([C@H]2CC(=O)N(c3ccc(OCC)cc3)C2)o1. The zero-order valence-electron chi connectivity index (χ0n) is 14.9. The molecule has 0 bridgehead atoms. The maximum absolute atomic E-state index is 12.4. The molecular formula is C18H22N4O4. The molecular weight excluding hydrogens is 336 g/mol. The van der Waals surface area contributed by atoms with E-state index in [4.69, 9.17) is 9.15 Å². The van der Waals surface area contributed by atoms with Crippen LogP contribution in [-0.4, -0.2) is 35.2 Å². The van der Waals surface area contributed by atoms with Gasteiger partial charge >= 0.3 is 6.01 Å². The number of amides is 2. The number of hydrogen-bond acceptors (Lipinski definition) is 6. The molecule has 0 spiro atoms. The van der Waals surface area contributed by atoms with Crippen molar-refractivity contribution in [1.29, 1.82) is 0 Å². The fourth-order valence-electron chi connectivity index (χ4n) is 2.87. The largest absolute Gasteiger partial charge is 0.494 e. The van der Waals surface area contributed by atoms with Crippen LogP contribution < -0.4 is 15.0 Å². The summed E-state index contributed by atoms with van der Waals surface area (Å²) in [5, 5.41) is 10.4. The zero-order chi connectivity index (χ0) is 18.5. The van der Waals surface area contributed by atoms with Gasteiger partial charge in [0, 0.05) is 25.1 Å². The number of anilines is 2. The van der Waals surface area contributed by atoms with Gasteiger partial charge in [0.1, 0.15) is 5.75 Å². The third kappa shape index (κ3) is 4.01. The summed E-state index contributed by atoms with van der Waals surface area (Å²) in [6.07, 6.45) is 1.42. The monoisotopic (exact) mass is 358 g/mol. The molecule has 138 valence electrons. The van der Waals surface area contributed by atoms with Crippen molar-refractivity contribution >= 4 is 23.5 Å². The Morgan fingerprint density at radius 2 is 2.08 bits per heavy atom. The fourth-order valence-corrected chi connectivity index (χ4v) is 2.87. The summed E-state index contributed by atoms with van der Waals surface area (Å²) >= 11 is 0. The lowest BCUT2D eigenvalue weighted by atomic mass is 10.1. The lowest BCUT2D eigenvalue weighted by Gasteiger charge is -2.16. The molecule has 8 nitrogen and oxygen atoms in total. The van der Waals surface area contributed by atoms with Crippen molar-refractivity contribution in [1.82, 2.24) is 10.2 Å². The molecule has 0 unspecified atom stereocenters. The Labute approximate surface area is 151 Å². The first kappa shape index (κ1) is 17.9. The summed E-state index contributed by atoms with van der Waals surface area (Å²) in [5.74, 6) is 0.760. The van der Waals surface area contributed by atoms with Gasteiger partial charge in [-0.25, -0.2) is 0 Å². The molecule has 2 heterocycles. The van der Waals surface area contributed by atoms with Crippen LogP contribution >= 0.6 is 0 Å². The number of nitrogens with one attached hydrogen (secondary N) is 1. The summed E-state index contributed by atoms with van der Waals surface area (Å²) in [4.78, 5) is 25.7. The Hall–Kier alpha value is -2.90. The third-order valence-corrected chi connectivity index (χ3v) is 4.10. The van der Waals surface area contributed by atoms with E-state index in [0.717, 1.165) is 17.9 Å². The van der Waals surface area contributed by atoms with Crippen LogP contribution in [0.3, 0.4) is 0 Å². The second kappa shape index (κ2) is 7.99. The fraction of sp³-hybridized carbons (Fsp3) is 0.444. The molecule has 1 saturated heterocycles. The summed E-state index contributed by atoms with van der Waals surface area (Å²) < 4.78 is 10.9. The third-order valence-electron chi connectivity index (χ3n) is 4.10. The highest BCUT2D eigenvalue weighted by molar-refractivity contribution is 5.96. The van der Waals surface area contributed by atoms with Gasteiger partial charge < -0.3 is 14.1 Å². The molecule has 0 radical (unpaired) electrons. The minimum absolute atomic E-state index is 0.00562. The maximum Gasteiger partial charge on any atom is 0.322 e. The van der Waals surface area contributed by atoms with Crippen LogP contribution in [-0.2, 0) is 9.59 Å². The molecule has 1 aliphatic rings.